The smallest absolute Gasteiger partial charge is 0.132 e. The van der Waals surface area contributed by atoms with E-state index in [1.54, 1.807) is 12.3 Å². The lowest BCUT2D eigenvalue weighted by molar-refractivity contribution is 0.628. The summed E-state index contributed by atoms with van der Waals surface area (Å²) in [7, 11) is 0. The highest BCUT2D eigenvalue weighted by molar-refractivity contribution is 5.58. The second kappa shape index (κ2) is 5.34. The van der Waals surface area contributed by atoms with E-state index >= 15 is 0 Å². The number of benzene rings is 2. The highest BCUT2D eigenvalue weighted by Crippen LogP contribution is 2.53. The van der Waals surface area contributed by atoms with Crippen LogP contribution < -0.4 is 0 Å². The first-order chi connectivity index (χ1) is 10.8. The quantitative estimate of drug-likeness (QED) is 0.707. The van der Waals surface area contributed by atoms with Crippen LogP contribution in [-0.2, 0) is 0 Å². The number of hydrogen-bond donors (Lipinski definition) is 0. The maximum Gasteiger partial charge on any atom is 0.132 e. The molecule has 108 valence electrons. The molecule has 3 aromatic rings. The minimum Gasteiger partial charge on any atom is -0.241 e. The van der Waals surface area contributed by atoms with Crippen LogP contribution in [0, 0.1) is 5.82 Å². The molecule has 2 nitrogen and oxygen atoms in total. The Bertz CT molecular complexity index is 801. The van der Waals surface area contributed by atoms with Crippen molar-refractivity contribution in [2.75, 3.05) is 0 Å². The van der Waals surface area contributed by atoms with Gasteiger partial charge in [-0.3, -0.25) is 0 Å². The molecule has 2 atom stereocenters. The molecule has 3 heteroatoms. The van der Waals surface area contributed by atoms with E-state index in [0.29, 0.717) is 11.8 Å². The molecule has 1 aromatic heterocycles. The number of rotatable bonds is 3. The molecular formula is C19H15FN2. The normalized spacial score (nSPS) is 19.9. The first kappa shape index (κ1) is 13.1. The van der Waals surface area contributed by atoms with Crippen LogP contribution in [0.5, 0.6) is 0 Å². The second-order valence-corrected chi connectivity index (χ2v) is 5.67. The fourth-order valence-corrected chi connectivity index (χ4v) is 2.91. The maximum absolute atomic E-state index is 13.4. The zero-order valence-electron chi connectivity index (χ0n) is 12.0. The van der Waals surface area contributed by atoms with E-state index in [9.17, 15) is 4.39 Å². The molecule has 1 aliphatic rings. The molecule has 0 radical (unpaired) electrons. The zero-order chi connectivity index (χ0) is 14.9. The Morgan fingerprint density at radius 1 is 0.909 bits per heavy atom. The van der Waals surface area contributed by atoms with E-state index in [0.717, 1.165) is 23.5 Å². The van der Waals surface area contributed by atoms with Crippen LogP contribution in [0.15, 0.2) is 66.9 Å². The molecule has 0 spiro atoms. The fourth-order valence-electron chi connectivity index (χ4n) is 2.91. The van der Waals surface area contributed by atoms with Crippen LogP contribution in [0.2, 0.25) is 0 Å². The molecule has 1 heterocycles. The molecule has 2 aromatic carbocycles. The van der Waals surface area contributed by atoms with Crippen molar-refractivity contribution in [1.29, 1.82) is 0 Å². The molecule has 2 unspecified atom stereocenters. The van der Waals surface area contributed by atoms with Gasteiger partial charge in [0.15, 0.2) is 0 Å². The molecule has 4 rings (SSSR count). The molecular weight excluding hydrogens is 275 g/mol. The van der Waals surface area contributed by atoms with Gasteiger partial charge in [-0.25, -0.2) is 14.4 Å². The molecule has 0 aliphatic heterocycles. The highest BCUT2D eigenvalue weighted by Gasteiger charge is 2.41. The molecule has 0 bridgehead atoms. The van der Waals surface area contributed by atoms with E-state index in [-0.39, 0.29) is 5.82 Å². The Morgan fingerprint density at radius 2 is 1.77 bits per heavy atom. The van der Waals surface area contributed by atoms with Gasteiger partial charge >= 0.3 is 0 Å². The molecule has 0 N–H and O–H groups in total. The van der Waals surface area contributed by atoms with Crippen LogP contribution in [0.25, 0.3) is 11.3 Å². The summed E-state index contributed by atoms with van der Waals surface area (Å²) in [5.41, 5.74) is 2.91. The van der Waals surface area contributed by atoms with Crippen molar-refractivity contribution in [3.63, 3.8) is 0 Å². The van der Waals surface area contributed by atoms with Gasteiger partial charge in [0.2, 0.25) is 0 Å². The van der Waals surface area contributed by atoms with Gasteiger partial charge in [0.25, 0.3) is 0 Å². The maximum atomic E-state index is 13.4. The van der Waals surface area contributed by atoms with Gasteiger partial charge in [-0.1, -0.05) is 42.5 Å². The minimum atomic E-state index is -0.244. The van der Waals surface area contributed by atoms with Gasteiger partial charge in [-0.15, -0.1) is 0 Å². The predicted octanol–water partition coefficient (Wildman–Crippen LogP) is 4.55. The van der Waals surface area contributed by atoms with Crippen LogP contribution >= 0.6 is 0 Å². The van der Waals surface area contributed by atoms with Crippen molar-refractivity contribution in [1.82, 2.24) is 9.97 Å². The second-order valence-electron chi connectivity index (χ2n) is 5.67. The van der Waals surface area contributed by atoms with Crippen LogP contribution in [-0.4, -0.2) is 9.97 Å². The zero-order valence-corrected chi connectivity index (χ0v) is 12.0. The molecule has 0 saturated heterocycles. The van der Waals surface area contributed by atoms with Crippen molar-refractivity contribution in [2.45, 2.75) is 18.3 Å². The number of nitrogens with zero attached hydrogens (tertiary/aromatic N) is 2. The summed E-state index contributed by atoms with van der Waals surface area (Å²) in [5, 5.41) is 0. The predicted molar refractivity (Wildman–Crippen MR) is 84.0 cm³/mol. The van der Waals surface area contributed by atoms with E-state index in [2.05, 4.69) is 34.2 Å². The number of aromatic nitrogens is 2. The largest absolute Gasteiger partial charge is 0.241 e. The van der Waals surface area contributed by atoms with Gasteiger partial charge < -0.3 is 0 Å². The summed E-state index contributed by atoms with van der Waals surface area (Å²) in [5.74, 6) is 1.49. The average Bonchev–Trinajstić information content (AvgIpc) is 3.37. The standard InChI is InChI=1S/C19H15FN2/c20-15-8-4-7-14(11-15)18-9-10-21-19(22-18)17-12-16(17)13-5-2-1-3-6-13/h1-11,16-17H,12H2. The first-order valence-electron chi connectivity index (χ1n) is 7.45. The lowest BCUT2D eigenvalue weighted by atomic mass is 10.1. The van der Waals surface area contributed by atoms with Crippen LogP contribution in [0.3, 0.4) is 0 Å². The Morgan fingerprint density at radius 3 is 2.59 bits per heavy atom. The Kier molecular flexibility index (Phi) is 3.19. The molecule has 1 aliphatic carbocycles. The van der Waals surface area contributed by atoms with Crippen LogP contribution in [0.1, 0.15) is 29.6 Å². The SMILES string of the molecule is Fc1cccc(-c2ccnc(C3CC3c3ccccc3)n2)c1. The van der Waals surface area contributed by atoms with Gasteiger partial charge in [0, 0.05) is 17.7 Å². The van der Waals surface area contributed by atoms with Gasteiger partial charge in [0.05, 0.1) is 5.69 Å². The third-order valence-electron chi connectivity index (χ3n) is 4.14. The van der Waals surface area contributed by atoms with E-state index in [1.165, 1.54) is 17.7 Å². The summed E-state index contributed by atoms with van der Waals surface area (Å²) in [6.07, 6.45) is 2.85. The highest BCUT2D eigenvalue weighted by atomic mass is 19.1. The summed E-state index contributed by atoms with van der Waals surface area (Å²) >= 11 is 0. The van der Waals surface area contributed by atoms with Gasteiger partial charge in [0.1, 0.15) is 11.6 Å². The summed E-state index contributed by atoms with van der Waals surface area (Å²) in [6.45, 7) is 0. The minimum absolute atomic E-state index is 0.244. The monoisotopic (exact) mass is 290 g/mol. The van der Waals surface area contributed by atoms with Gasteiger partial charge in [-0.2, -0.15) is 0 Å². The van der Waals surface area contributed by atoms with Crippen molar-refractivity contribution in [3.05, 3.63) is 84.1 Å². The Balaban J connectivity index is 1.61. The third-order valence-corrected chi connectivity index (χ3v) is 4.14. The molecule has 0 amide bonds. The lowest BCUT2D eigenvalue weighted by Crippen LogP contribution is -1.95. The number of halogens is 1. The van der Waals surface area contributed by atoms with Gasteiger partial charge in [-0.05, 0) is 36.1 Å². The Labute approximate surface area is 128 Å². The Hall–Kier alpha value is -2.55. The molecule has 1 saturated carbocycles. The van der Waals surface area contributed by atoms with Crippen molar-refractivity contribution < 1.29 is 4.39 Å². The first-order valence-corrected chi connectivity index (χ1v) is 7.45. The van der Waals surface area contributed by atoms with E-state index < -0.39 is 0 Å². The molecule has 1 fully saturated rings. The lowest BCUT2D eigenvalue weighted by Gasteiger charge is -2.04. The third kappa shape index (κ3) is 2.50. The van der Waals surface area contributed by atoms with Crippen molar-refractivity contribution in [2.24, 2.45) is 0 Å². The summed E-state index contributed by atoms with van der Waals surface area (Å²) < 4.78 is 13.4. The van der Waals surface area contributed by atoms with Crippen molar-refractivity contribution >= 4 is 0 Å². The average molecular weight is 290 g/mol. The summed E-state index contributed by atoms with van der Waals surface area (Å²) in [6, 6.07) is 18.8. The van der Waals surface area contributed by atoms with Crippen molar-refractivity contribution in [3.8, 4) is 11.3 Å². The summed E-state index contributed by atoms with van der Waals surface area (Å²) in [4.78, 5) is 9.06. The fraction of sp³-hybridized carbons (Fsp3) is 0.158. The van der Waals surface area contributed by atoms with Crippen LogP contribution in [0.4, 0.5) is 4.39 Å². The molecule has 22 heavy (non-hydrogen) atoms. The van der Waals surface area contributed by atoms with E-state index in [1.807, 2.05) is 18.2 Å². The topological polar surface area (TPSA) is 25.8 Å². The number of hydrogen-bond acceptors (Lipinski definition) is 2. The van der Waals surface area contributed by atoms with E-state index in [4.69, 9.17) is 0 Å².